The number of sulfonamides is 1. The van der Waals surface area contributed by atoms with E-state index < -0.39 is 10.0 Å². The van der Waals surface area contributed by atoms with E-state index in [0.717, 1.165) is 18.6 Å². The Bertz CT molecular complexity index is 244. The van der Waals surface area contributed by atoms with Crippen LogP contribution in [0.2, 0.25) is 0 Å². The molecule has 15 heavy (non-hydrogen) atoms. The van der Waals surface area contributed by atoms with Gasteiger partial charge in [-0.2, -0.15) is 11.8 Å². The van der Waals surface area contributed by atoms with Crippen LogP contribution in [0.1, 0.15) is 26.2 Å². The molecule has 3 nitrogen and oxygen atoms in total. The minimum absolute atomic E-state index is 0.0263. The summed E-state index contributed by atoms with van der Waals surface area (Å²) < 4.78 is 25.7. The van der Waals surface area contributed by atoms with Crippen LogP contribution in [-0.4, -0.2) is 38.1 Å². The van der Waals surface area contributed by atoms with E-state index in [1.54, 1.807) is 11.8 Å². The van der Waals surface area contributed by atoms with Gasteiger partial charge in [-0.15, -0.1) is 11.6 Å². The van der Waals surface area contributed by atoms with E-state index in [2.05, 4.69) is 4.72 Å². The molecular weight excluding hydrogens is 254 g/mol. The molecule has 6 heteroatoms. The number of halogens is 1. The minimum Gasteiger partial charge on any atom is -0.212 e. The number of hydrogen-bond donors (Lipinski definition) is 1. The molecule has 0 saturated carbocycles. The Morgan fingerprint density at radius 3 is 2.60 bits per heavy atom. The molecule has 92 valence electrons. The molecule has 1 unspecified atom stereocenters. The van der Waals surface area contributed by atoms with E-state index in [9.17, 15) is 8.42 Å². The van der Waals surface area contributed by atoms with Crippen LogP contribution >= 0.6 is 23.4 Å². The molecular formula is C9H20ClNO2S2. The molecule has 0 aliphatic rings. The van der Waals surface area contributed by atoms with Gasteiger partial charge in [0.05, 0.1) is 5.75 Å². The summed E-state index contributed by atoms with van der Waals surface area (Å²) in [6, 6.07) is 0.0263. The van der Waals surface area contributed by atoms with Crippen LogP contribution in [0.15, 0.2) is 0 Å². The zero-order valence-corrected chi connectivity index (χ0v) is 11.7. The largest absolute Gasteiger partial charge is 0.212 e. The standard InChI is InChI=1S/C9H20ClNO2S2/c1-9(5-7-14-2)11-15(12,13)8-4-3-6-10/h9,11H,3-8H2,1-2H3. The van der Waals surface area contributed by atoms with Crippen molar-refractivity contribution in [2.24, 2.45) is 0 Å². The molecule has 1 N–H and O–H groups in total. The molecule has 0 heterocycles. The van der Waals surface area contributed by atoms with Crippen molar-refractivity contribution in [1.29, 1.82) is 0 Å². The molecule has 0 bridgehead atoms. The Kier molecular flexibility index (Phi) is 8.99. The van der Waals surface area contributed by atoms with Gasteiger partial charge < -0.3 is 0 Å². The normalized spacial score (nSPS) is 14.1. The first-order chi connectivity index (χ1) is 7.02. The lowest BCUT2D eigenvalue weighted by Gasteiger charge is -2.13. The van der Waals surface area contributed by atoms with Crippen LogP contribution in [0, 0.1) is 0 Å². The summed E-state index contributed by atoms with van der Waals surface area (Å²) in [7, 11) is -3.10. The third-order valence-electron chi connectivity index (χ3n) is 1.93. The van der Waals surface area contributed by atoms with Crippen LogP contribution in [0.25, 0.3) is 0 Å². The summed E-state index contributed by atoms with van der Waals surface area (Å²) in [5.74, 6) is 1.69. The summed E-state index contributed by atoms with van der Waals surface area (Å²) in [5, 5.41) is 0. The second-order valence-electron chi connectivity index (χ2n) is 3.52. The molecule has 0 rings (SSSR count). The van der Waals surface area contributed by atoms with Crippen molar-refractivity contribution in [3.05, 3.63) is 0 Å². The molecule has 1 atom stereocenters. The average molecular weight is 274 g/mol. The van der Waals surface area contributed by atoms with Gasteiger partial charge in [-0.3, -0.25) is 0 Å². The summed E-state index contributed by atoms with van der Waals surface area (Å²) in [4.78, 5) is 0. The molecule has 0 saturated heterocycles. The fourth-order valence-corrected chi connectivity index (χ4v) is 3.32. The predicted molar refractivity (Wildman–Crippen MR) is 69.3 cm³/mol. The molecule has 0 spiro atoms. The maximum Gasteiger partial charge on any atom is 0.211 e. The first kappa shape index (κ1) is 15.6. The van der Waals surface area contributed by atoms with Gasteiger partial charge in [0, 0.05) is 11.9 Å². The van der Waals surface area contributed by atoms with E-state index in [1.165, 1.54) is 0 Å². The Morgan fingerprint density at radius 2 is 2.07 bits per heavy atom. The molecule has 0 aromatic heterocycles. The molecule has 0 aliphatic heterocycles. The zero-order chi connectivity index (χ0) is 11.7. The topological polar surface area (TPSA) is 46.2 Å². The molecule has 0 fully saturated rings. The van der Waals surface area contributed by atoms with Crippen molar-refractivity contribution in [2.75, 3.05) is 23.6 Å². The molecule has 0 radical (unpaired) electrons. The van der Waals surface area contributed by atoms with Crippen LogP contribution in [0.3, 0.4) is 0 Å². The number of hydrogen-bond acceptors (Lipinski definition) is 3. The Labute approximate surface area is 102 Å². The van der Waals surface area contributed by atoms with Crippen molar-refractivity contribution in [3.8, 4) is 0 Å². The highest BCUT2D eigenvalue weighted by Crippen LogP contribution is 2.03. The maximum absolute atomic E-state index is 11.5. The third kappa shape index (κ3) is 9.48. The number of alkyl halides is 1. The Balaban J connectivity index is 3.81. The van der Waals surface area contributed by atoms with Gasteiger partial charge in [-0.1, -0.05) is 0 Å². The Hall–Kier alpha value is 0.550. The highest BCUT2D eigenvalue weighted by atomic mass is 35.5. The highest BCUT2D eigenvalue weighted by molar-refractivity contribution is 7.98. The second kappa shape index (κ2) is 8.67. The van der Waals surface area contributed by atoms with E-state index >= 15 is 0 Å². The van der Waals surface area contributed by atoms with Gasteiger partial charge in [0.25, 0.3) is 0 Å². The predicted octanol–water partition coefficient (Wildman–Crippen LogP) is 2.07. The lowest BCUT2D eigenvalue weighted by atomic mass is 10.3. The minimum atomic E-state index is -3.10. The van der Waals surface area contributed by atoms with E-state index in [4.69, 9.17) is 11.6 Å². The number of nitrogens with one attached hydrogen (secondary N) is 1. The van der Waals surface area contributed by atoms with E-state index in [1.807, 2.05) is 13.2 Å². The average Bonchev–Trinajstić information content (AvgIpc) is 2.14. The van der Waals surface area contributed by atoms with Crippen molar-refractivity contribution in [2.45, 2.75) is 32.2 Å². The van der Waals surface area contributed by atoms with Gasteiger partial charge in [0.2, 0.25) is 10.0 Å². The SMILES string of the molecule is CSCCC(C)NS(=O)(=O)CCCCCl. The van der Waals surface area contributed by atoms with Crippen LogP contribution in [0.4, 0.5) is 0 Å². The molecule has 0 aromatic rings. The number of rotatable bonds is 9. The van der Waals surface area contributed by atoms with Gasteiger partial charge in [0.15, 0.2) is 0 Å². The summed E-state index contributed by atoms with van der Waals surface area (Å²) in [6.45, 7) is 1.90. The summed E-state index contributed by atoms with van der Waals surface area (Å²) in [5.41, 5.74) is 0. The maximum atomic E-state index is 11.5. The quantitative estimate of drug-likeness (QED) is 0.517. The molecule has 0 amide bonds. The van der Waals surface area contributed by atoms with Crippen molar-refractivity contribution >= 4 is 33.4 Å². The third-order valence-corrected chi connectivity index (χ3v) is 4.43. The monoisotopic (exact) mass is 273 g/mol. The summed E-state index contributed by atoms with van der Waals surface area (Å²) in [6.07, 6.45) is 4.27. The smallest absolute Gasteiger partial charge is 0.211 e. The molecule has 0 aliphatic carbocycles. The first-order valence-corrected chi connectivity index (χ1v) is 8.65. The van der Waals surface area contributed by atoms with Crippen molar-refractivity contribution in [1.82, 2.24) is 4.72 Å². The number of unbranched alkanes of at least 4 members (excludes halogenated alkanes) is 1. The van der Waals surface area contributed by atoms with Gasteiger partial charge in [-0.05, 0) is 38.2 Å². The summed E-state index contributed by atoms with van der Waals surface area (Å²) >= 11 is 7.21. The van der Waals surface area contributed by atoms with E-state index in [-0.39, 0.29) is 11.8 Å². The highest BCUT2D eigenvalue weighted by Gasteiger charge is 2.13. The fraction of sp³-hybridized carbons (Fsp3) is 1.00. The lowest BCUT2D eigenvalue weighted by Crippen LogP contribution is -2.34. The number of thioether (sulfide) groups is 1. The fourth-order valence-electron chi connectivity index (χ4n) is 1.11. The van der Waals surface area contributed by atoms with Crippen LogP contribution in [0.5, 0.6) is 0 Å². The molecule has 0 aromatic carbocycles. The zero-order valence-electron chi connectivity index (χ0n) is 9.33. The lowest BCUT2D eigenvalue weighted by molar-refractivity contribution is 0.554. The van der Waals surface area contributed by atoms with Crippen molar-refractivity contribution in [3.63, 3.8) is 0 Å². The van der Waals surface area contributed by atoms with Crippen molar-refractivity contribution < 1.29 is 8.42 Å². The van der Waals surface area contributed by atoms with Gasteiger partial charge >= 0.3 is 0 Å². The second-order valence-corrected chi connectivity index (χ2v) is 6.75. The van der Waals surface area contributed by atoms with Gasteiger partial charge in [-0.25, -0.2) is 13.1 Å². The van der Waals surface area contributed by atoms with Gasteiger partial charge in [0.1, 0.15) is 0 Å². The van der Waals surface area contributed by atoms with E-state index in [0.29, 0.717) is 12.3 Å². The van der Waals surface area contributed by atoms with Crippen LogP contribution < -0.4 is 4.72 Å². The van der Waals surface area contributed by atoms with Crippen LogP contribution in [-0.2, 0) is 10.0 Å². The Morgan fingerprint density at radius 1 is 1.40 bits per heavy atom. The first-order valence-electron chi connectivity index (χ1n) is 5.06.